The monoisotopic (exact) mass is 472 g/mol. The third kappa shape index (κ3) is 29.4. The minimum atomic E-state index is -3.99. The standard InChI is InChI=1S/C19H37O11P/c1-2-3-23-4-5-24-6-7-25-8-9-26-10-11-27-12-13-28-14-15-29-16-17-30-18-19-31(20,21)22/h1H,3-19H2,(H2,20,21,22). The van der Waals surface area contributed by atoms with Gasteiger partial charge in [0, 0.05) is 0 Å². The van der Waals surface area contributed by atoms with E-state index >= 15 is 0 Å². The number of hydrogen-bond donors (Lipinski definition) is 2. The molecule has 0 rings (SSSR count). The van der Waals surface area contributed by atoms with Crippen molar-refractivity contribution in [1.82, 2.24) is 0 Å². The Morgan fingerprint density at radius 1 is 0.516 bits per heavy atom. The molecule has 0 aromatic rings. The summed E-state index contributed by atoms with van der Waals surface area (Å²) < 4.78 is 52.7. The van der Waals surface area contributed by atoms with Crippen LogP contribution in [0, 0.1) is 12.3 Å². The van der Waals surface area contributed by atoms with Gasteiger partial charge in [-0.1, -0.05) is 5.92 Å². The Kier molecular flexibility index (Phi) is 23.6. The van der Waals surface area contributed by atoms with Crippen LogP contribution in [0.5, 0.6) is 0 Å². The van der Waals surface area contributed by atoms with Gasteiger partial charge in [0.1, 0.15) is 6.61 Å². The first-order valence-corrected chi connectivity index (χ1v) is 12.0. The number of terminal acetylenes is 1. The summed E-state index contributed by atoms with van der Waals surface area (Å²) in [5.74, 6) is 2.38. The molecule has 0 aliphatic carbocycles. The van der Waals surface area contributed by atoms with Crippen molar-refractivity contribution in [2.75, 3.05) is 112 Å². The normalized spacial score (nSPS) is 11.6. The van der Waals surface area contributed by atoms with Crippen LogP contribution in [0.25, 0.3) is 0 Å². The van der Waals surface area contributed by atoms with Crippen molar-refractivity contribution in [3.05, 3.63) is 0 Å². The van der Waals surface area contributed by atoms with Gasteiger partial charge in [0.05, 0.1) is 105 Å². The lowest BCUT2D eigenvalue weighted by molar-refractivity contribution is -0.0222. The van der Waals surface area contributed by atoms with Crippen molar-refractivity contribution in [2.45, 2.75) is 0 Å². The molecule has 184 valence electrons. The van der Waals surface area contributed by atoms with E-state index < -0.39 is 7.60 Å². The van der Waals surface area contributed by atoms with Crippen molar-refractivity contribution in [3.63, 3.8) is 0 Å². The minimum absolute atomic E-state index is 0.0119. The van der Waals surface area contributed by atoms with E-state index in [4.69, 9.17) is 54.1 Å². The summed E-state index contributed by atoms with van der Waals surface area (Å²) in [5, 5.41) is 0. The van der Waals surface area contributed by atoms with E-state index in [1.54, 1.807) is 0 Å². The number of ether oxygens (including phenoxy) is 8. The average molecular weight is 472 g/mol. The van der Waals surface area contributed by atoms with Crippen molar-refractivity contribution in [1.29, 1.82) is 0 Å². The van der Waals surface area contributed by atoms with E-state index in [9.17, 15) is 4.57 Å². The molecule has 0 unspecified atom stereocenters. The highest BCUT2D eigenvalue weighted by Crippen LogP contribution is 2.33. The van der Waals surface area contributed by atoms with Crippen LogP contribution in [0.3, 0.4) is 0 Å². The predicted molar refractivity (Wildman–Crippen MR) is 112 cm³/mol. The molecule has 31 heavy (non-hydrogen) atoms. The highest BCUT2D eigenvalue weighted by molar-refractivity contribution is 7.51. The van der Waals surface area contributed by atoms with E-state index in [1.807, 2.05) is 0 Å². The third-order valence-corrected chi connectivity index (χ3v) is 4.08. The molecule has 0 saturated carbocycles. The number of hydrogen-bond acceptors (Lipinski definition) is 9. The van der Waals surface area contributed by atoms with E-state index in [0.29, 0.717) is 92.5 Å². The molecule has 11 nitrogen and oxygen atoms in total. The fourth-order valence-electron chi connectivity index (χ4n) is 1.85. The van der Waals surface area contributed by atoms with Crippen LogP contribution in [-0.2, 0) is 42.5 Å². The quantitative estimate of drug-likeness (QED) is 0.105. The Morgan fingerprint density at radius 3 is 1.03 bits per heavy atom. The van der Waals surface area contributed by atoms with Gasteiger partial charge in [0.2, 0.25) is 0 Å². The van der Waals surface area contributed by atoms with Gasteiger partial charge < -0.3 is 47.7 Å². The lowest BCUT2D eigenvalue weighted by Gasteiger charge is -2.08. The molecule has 0 aliphatic heterocycles. The first-order valence-electron chi connectivity index (χ1n) is 10.2. The SMILES string of the molecule is C#CCOCCOCCOCCOCCOCCOCCOCCOCCP(=O)(O)O. The van der Waals surface area contributed by atoms with Gasteiger partial charge in [-0.25, -0.2) is 0 Å². The Hall–Kier alpha value is -0.610. The Balaban J connectivity index is 3.04. The van der Waals surface area contributed by atoms with Gasteiger partial charge in [-0.3, -0.25) is 4.57 Å². The molecule has 0 radical (unpaired) electrons. The minimum Gasteiger partial charge on any atom is -0.378 e. The molecule has 12 heteroatoms. The lowest BCUT2D eigenvalue weighted by Crippen LogP contribution is -2.15. The van der Waals surface area contributed by atoms with E-state index in [-0.39, 0.29) is 19.4 Å². The maximum atomic E-state index is 10.6. The summed E-state index contributed by atoms with van der Waals surface area (Å²) in [6, 6.07) is 0. The fourth-order valence-corrected chi connectivity index (χ4v) is 2.22. The number of rotatable bonds is 25. The molecule has 0 saturated heterocycles. The van der Waals surface area contributed by atoms with Gasteiger partial charge in [-0.2, -0.15) is 0 Å². The topological polar surface area (TPSA) is 131 Å². The third-order valence-electron chi connectivity index (χ3n) is 3.32. The summed E-state index contributed by atoms with van der Waals surface area (Å²) in [7, 11) is -3.99. The van der Waals surface area contributed by atoms with Crippen LogP contribution < -0.4 is 0 Å². The zero-order valence-corrected chi connectivity index (χ0v) is 19.0. The largest absolute Gasteiger partial charge is 0.378 e. The van der Waals surface area contributed by atoms with Gasteiger partial charge in [-0.15, -0.1) is 6.42 Å². The van der Waals surface area contributed by atoms with Crippen molar-refractivity contribution in [3.8, 4) is 12.3 Å². The molecule has 0 fully saturated rings. The first kappa shape index (κ1) is 30.4. The molecule has 0 heterocycles. The molecule has 0 aliphatic rings. The molecule has 0 aromatic heterocycles. The Morgan fingerprint density at radius 2 is 0.774 bits per heavy atom. The predicted octanol–water partition coefficient (Wildman–Crippen LogP) is -0.0699. The summed E-state index contributed by atoms with van der Waals surface area (Å²) in [6.45, 7) is 6.63. The van der Waals surface area contributed by atoms with Crippen LogP contribution in [0.2, 0.25) is 0 Å². The second-order valence-electron chi connectivity index (χ2n) is 5.93. The van der Waals surface area contributed by atoms with Gasteiger partial charge in [0.25, 0.3) is 0 Å². The van der Waals surface area contributed by atoms with Crippen molar-refractivity contribution >= 4 is 7.60 Å². The molecular weight excluding hydrogens is 435 g/mol. The van der Waals surface area contributed by atoms with Crippen LogP contribution >= 0.6 is 7.60 Å². The average Bonchev–Trinajstić information content (AvgIpc) is 2.73. The van der Waals surface area contributed by atoms with Gasteiger partial charge in [0.15, 0.2) is 0 Å². The molecular formula is C19H37O11P. The van der Waals surface area contributed by atoms with Gasteiger partial charge in [-0.05, 0) is 0 Å². The first-order chi connectivity index (χ1) is 15.1. The van der Waals surface area contributed by atoms with Gasteiger partial charge >= 0.3 is 7.60 Å². The fraction of sp³-hybridized carbons (Fsp3) is 0.895. The van der Waals surface area contributed by atoms with Crippen LogP contribution in [0.1, 0.15) is 0 Å². The Labute approximate surface area is 184 Å². The van der Waals surface area contributed by atoms with E-state index in [2.05, 4.69) is 5.92 Å². The highest BCUT2D eigenvalue weighted by atomic mass is 31.2. The summed E-state index contributed by atoms with van der Waals surface area (Å²) >= 11 is 0. The molecule has 0 amide bonds. The van der Waals surface area contributed by atoms with E-state index in [1.165, 1.54) is 0 Å². The summed E-state index contributed by atoms with van der Waals surface area (Å²) in [5.41, 5.74) is 0. The van der Waals surface area contributed by atoms with Crippen LogP contribution in [0.4, 0.5) is 0 Å². The highest BCUT2D eigenvalue weighted by Gasteiger charge is 2.11. The summed E-state index contributed by atoms with van der Waals surface area (Å²) in [4.78, 5) is 17.3. The second-order valence-corrected chi connectivity index (χ2v) is 7.71. The van der Waals surface area contributed by atoms with E-state index in [0.717, 1.165) is 0 Å². The lowest BCUT2D eigenvalue weighted by atomic mass is 10.6. The smallest absolute Gasteiger partial charge is 0.327 e. The summed E-state index contributed by atoms with van der Waals surface area (Å²) in [6.07, 6.45) is 4.77. The zero-order chi connectivity index (χ0) is 22.9. The molecule has 0 spiro atoms. The van der Waals surface area contributed by atoms with Crippen LogP contribution in [0.15, 0.2) is 0 Å². The molecule has 0 aromatic carbocycles. The van der Waals surface area contributed by atoms with Crippen molar-refractivity contribution in [2.24, 2.45) is 0 Å². The molecule has 0 bridgehead atoms. The second kappa shape index (κ2) is 24.0. The zero-order valence-electron chi connectivity index (χ0n) is 18.1. The maximum absolute atomic E-state index is 10.6. The molecule has 0 atom stereocenters. The van der Waals surface area contributed by atoms with Crippen LogP contribution in [-0.4, -0.2) is 122 Å². The van der Waals surface area contributed by atoms with Crippen molar-refractivity contribution < 1.29 is 52.2 Å². The molecule has 2 N–H and O–H groups in total. The Bertz CT molecular complexity index is 453. The maximum Gasteiger partial charge on any atom is 0.327 e.